The van der Waals surface area contributed by atoms with Crippen molar-refractivity contribution in [2.45, 2.75) is 6.92 Å². The van der Waals surface area contributed by atoms with Gasteiger partial charge in [0.15, 0.2) is 0 Å². The van der Waals surface area contributed by atoms with Crippen LogP contribution in [0.1, 0.15) is 6.92 Å². The van der Waals surface area contributed by atoms with Crippen LogP contribution in [0.15, 0.2) is 18.2 Å². The van der Waals surface area contributed by atoms with E-state index < -0.39 is 0 Å². The zero-order valence-electron chi connectivity index (χ0n) is 6.20. The molecule has 1 aromatic carbocycles. The van der Waals surface area contributed by atoms with Crippen LogP contribution < -0.4 is 5.32 Å². The zero-order valence-corrected chi connectivity index (χ0v) is 6.95. The summed E-state index contributed by atoms with van der Waals surface area (Å²) in [5.74, 6) is -0.309. The van der Waals surface area contributed by atoms with E-state index in [1.54, 1.807) is 6.07 Å². The zero-order chi connectivity index (χ0) is 8.27. The van der Waals surface area contributed by atoms with Crippen molar-refractivity contribution in [1.82, 2.24) is 0 Å². The van der Waals surface area contributed by atoms with E-state index in [2.05, 4.69) is 5.32 Å². The van der Waals surface area contributed by atoms with E-state index in [4.69, 9.17) is 11.6 Å². The number of anilines is 1. The minimum absolute atomic E-state index is 0.309. The lowest BCUT2D eigenvalue weighted by molar-refractivity contribution is 0.628. The molecule has 0 radical (unpaired) electrons. The first-order valence-electron chi connectivity index (χ1n) is 3.43. The molecule has 0 aliphatic rings. The van der Waals surface area contributed by atoms with Crippen LogP contribution in [0.4, 0.5) is 10.1 Å². The minimum Gasteiger partial charge on any atom is -0.384 e. The van der Waals surface area contributed by atoms with Crippen molar-refractivity contribution in [3.05, 3.63) is 29.0 Å². The van der Waals surface area contributed by atoms with Gasteiger partial charge in [-0.25, -0.2) is 4.39 Å². The van der Waals surface area contributed by atoms with Crippen LogP contribution in [0.25, 0.3) is 0 Å². The summed E-state index contributed by atoms with van der Waals surface area (Å²) in [5, 5.41) is 3.43. The van der Waals surface area contributed by atoms with E-state index in [1.165, 1.54) is 12.1 Å². The van der Waals surface area contributed by atoms with Gasteiger partial charge in [0, 0.05) is 6.54 Å². The van der Waals surface area contributed by atoms with E-state index in [-0.39, 0.29) is 5.82 Å². The third-order valence-corrected chi connectivity index (χ3v) is 1.61. The Morgan fingerprint density at radius 3 is 2.82 bits per heavy atom. The first kappa shape index (κ1) is 8.34. The lowest BCUT2D eigenvalue weighted by Gasteiger charge is -2.04. The summed E-state index contributed by atoms with van der Waals surface area (Å²) < 4.78 is 12.5. The number of hydrogen-bond acceptors (Lipinski definition) is 1. The predicted molar refractivity (Wildman–Crippen MR) is 45.6 cm³/mol. The molecule has 60 valence electrons. The van der Waals surface area contributed by atoms with Gasteiger partial charge in [-0.2, -0.15) is 0 Å². The number of rotatable bonds is 2. The van der Waals surface area contributed by atoms with Crippen molar-refractivity contribution < 1.29 is 4.39 Å². The maximum absolute atomic E-state index is 12.5. The van der Waals surface area contributed by atoms with Crippen molar-refractivity contribution in [1.29, 1.82) is 0 Å². The fraction of sp³-hybridized carbons (Fsp3) is 0.250. The third-order valence-electron chi connectivity index (χ3n) is 1.30. The van der Waals surface area contributed by atoms with Crippen LogP contribution in [-0.4, -0.2) is 6.54 Å². The van der Waals surface area contributed by atoms with E-state index in [1.807, 2.05) is 6.92 Å². The Labute approximate surface area is 70.2 Å². The van der Waals surface area contributed by atoms with Crippen LogP contribution in [0, 0.1) is 5.82 Å². The molecular weight excluding hydrogens is 165 g/mol. The summed E-state index contributed by atoms with van der Waals surface area (Å²) in [6.07, 6.45) is 0. The fourth-order valence-corrected chi connectivity index (χ4v) is 1.06. The van der Waals surface area contributed by atoms with Crippen molar-refractivity contribution in [3.63, 3.8) is 0 Å². The molecule has 0 saturated carbocycles. The van der Waals surface area contributed by atoms with Gasteiger partial charge < -0.3 is 5.32 Å². The Bertz CT molecular complexity index is 250. The number of hydrogen-bond donors (Lipinski definition) is 1. The Hall–Kier alpha value is -0.760. The topological polar surface area (TPSA) is 12.0 Å². The predicted octanol–water partition coefficient (Wildman–Crippen LogP) is 2.91. The molecule has 1 rings (SSSR count). The summed E-state index contributed by atoms with van der Waals surface area (Å²) in [5.41, 5.74) is 0.774. The molecule has 0 heterocycles. The summed E-state index contributed by atoms with van der Waals surface area (Å²) in [4.78, 5) is 0. The van der Waals surface area contributed by atoms with Gasteiger partial charge in [-0.15, -0.1) is 0 Å². The first-order valence-corrected chi connectivity index (χ1v) is 3.80. The third kappa shape index (κ3) is 2.09. The SMILES string of the molecule is CCNc1ccc(F)cc1Cl. The molecule has 0 fully saturated rings. The molecule has 0 saturated heterocycles. The van der Waals surface area contributed by atoms with Crippen LogP contribution in [0.5, 0.6) is 0 Å². The van der Waals surface area contributed by atoms with E-state index >= 15 is 0 Å². The van der Waals surface area contributed by atoms with Crippen LogP contribution in [0.3, 0.4) is 0 Å². The maximum atomic E-state index is 12.5. The molecule has 0 aliphatic carbocycles. The highest BCUT2D eigenvalue weighted by Crippen LogP contribution is 2.21. The van der Waals surface area contributed by atoms with Crippen molar-refractivity contribution in [3.8, 4) is 0 Å². The molecule has 0 bridgehead atoms. The van der Waals surface area contributed by atoms with Gasteiger partial charge in [-0.1, -0.05) is 11.6 Å². The number of benzene rings is 1. The molecule has 0 unspecified atom stereocenters. The molecule has 1 nitrogen and oxygen atoms in total. The summed E-state index contributed by atoms with van der Waals surface area (Å²) >= 11 is 5.71. The molecule has 0 atom stereocenters. The highest BCUT2D eigenvalue weighted by molar-refractivity contribution is 6.33. The van der Waals surface area contributed by atoms with E-state index in [0.717, 1.165) is 12.2 Å². The van der Waals surface area contributed by atoms with Gasteiger partial charge in [0.1, 0.15) is 5.82 Å². The van der Waals surface area contributed by atoms with Gasteiger partial charge >= 0.3 is 0 Å². The summed E-state index contributed by atoms with van der Waals surface area (Å²) in [6.45, 7) is 2.74. The maximum Gasteiger partial charge on any atom is 0.124 e. The van der Waals surface area contributed by atoms with Crippen LogP contribution in [-0.2, 0) is 0 Å². The van der Waals surface area contributed by atoms with Gasteiger partial charge in [0.05, 0.1) is 10.7 Å². The lowest BCUT2D eigenvalue weighted by atomic mass is 10.3. The molecule has 1 N–H and O–H groups in total. The second kappa shape index (κ2) is 3.58. The monoisotopic (exact) mass is 173 g/mol. The standard InChI is InChI=1S/C8H9ClFN/c1-2-11-8-4-3-6(10)5-7(8)9/h3-5,11H,2H2,1H3. The van der Waals surface area contributed by atoms with Gasteiger partial charge in [0.2, 0.25) is 0 Å². The Kier molecular flexibility index (Phi) is 2.71. The molecule has 11 heavy (non-hydrogen) atoms. The molecule has 0 spiro atoms. The smallest absolute Gasteiger partial charge is 0.124 e. The Morgan fingerprint density at radius 2 is 2.27 bits per heavy atom. The fourth-order valence-electron chi connectivity index (χ4n) is 0.823. The summed E-state index contributed by atoms with van der Waals surface area (Å²) in [7, 11) is 0. The highest BCUT2D eigenvalue weighted by Gasteiger charge is 1.98. The quantitative estimate of drug-likeness (QED) is 0.725. The molecule has 3 heteroatoms. The van der Waals surface area contributed by atoms with Gasteiger partial charge in [-0.05, 0) is 25.1 Å². The second-order valence-corrected chi connectivity index (χ2v) is 2.56. The van der Waals surface area contributed by atoms with Gasteiger partial charge in [-0.3, -0.25) is 0 Å². The Balaban J connectivity index is 2.90. The minimum atomic E-state index is -0.309. The van der Waals surface area contributed by atoms with Crippen LogP contribution >= 0.6 is 11.6 Å². The van der Waals surface area contributed by atoms with Crippen molar-refractivity contribution in [2.75, 3.05) is 11.9 Å². The Morgan fingerprint density at radius 1 is 1.55 bits per heavy atom. The second-order valence-electron chi connectivity index (χ2n) is 2.15. The van der Waals surface area contributed by atoms with Gasteiger partial charge in [0.25, 0.3) is 0 Å². The van der Waals surface area contributed by atoms with E-state index in [9.17, 15) is 4.39 Å². The molecule has 1 aromatic rings. The van der Waals surface area contributed by atoms with Crippen molar-refractivity contribution in [2.24, 2.45) is 0 Å². The summed E-state index contributed by atoms with van der Waals surface area (Å²) in [6, 6.07) is 4.30. The number of halogens is 2. The average Bonchev–Trinajstić information content (AvgIpc) is 1.95. The normalized spacial score (nSPS) is 9.73. The van der Waals surface area contributed by atoms with Crippen molar-refractivity contribution >= 4 is 17.3 Å². The average molecular weight is 174 g/mol. The van der Waals surface area contributed by atoms with E-state index in [0.29, 0.717) is 5.02 Å². The van der Waals surface area contributed by atoms with Crippen LogP contribution in [0.2, 0.25) is 5.02 Å². The molecule has 0 aromatic heterocycles. The highest BCUT2D eigenvalue weighted by atomic mass is 35.5. The largest absolute Gasteiger partial charge is 0.384 e. The number of nitrogens with one attached hydrogen (secondary N) is 1. The first-order chi connectivity index (χ1) is 5.24. The molecule has 0 aliphatic heterocycles. The molecular formula is C8H9ClFN. The lowest BCUT2D eigenvalue weighted by Crippen LogP contribution is -1.96. The molecule has 0 amide bonds.